The minimum absolute atomic E-state index is 0.162. The molecule has 0 radical (unpaired) electrons. The quantitative estimate of drug-likeness (QED) is 0.670. The fraction of sp³-hybridized carbons (Fsp3) is 0.600. The Morgan fingerprint density at radius 3 is 2.81 bits per heavy atom. The van der Waals surface area contributed by atoms with Gasteiger partial charge in [-0.2, -0.15) is 0 Å². The van der Waals surface area contributed by atoms with E-state index in [1.54, 1.807) is 12.1 Å². The molecule has 6 heteroatoms. The Morgan fingerprint density at radius 1 is 1.38 bits per heavy atom. The highest BCUT2D eigenvalue weighted by atomic mass is 35.5. The van der Waals surface area contributed by atoms with Gasteiger partial charge in [0.05, 0.1) is 4.92 Å². The largest absolute Gasteiger partial charge is 0.363 e. The molecule has 0 bridgehead atoms. The first-order valence-electron chi connectivity index (χ1n) is 7.56. The second kappa shape index (κ2) is 6.20. The van der Waals surface area contributed by atoms with Gasteiger partial charge >= 0.3 is 0 Å². The van der Waals surface area contributed by atoms with E-state index in [1.165, 1.54) is 18.9 Å². The average molecular weight is 310 g/mol. The lowest BCUT2D eigenvalue weighted by molar-refractivity contribution is -0.384. The standard InChI is InChI=1S/C15H20ClN3O2/c16-12-3-6-14(19(20)21)15(8-12)18(13-4-5-13)10-11-2-1-7-17-9-11/h3,6,8,11,13,17H,1-2,4-5,7,9-10H2. The van der Waals surface area contributed by atoms with Crippen LogP contribution in [0.25, 0.3) is 0 Å². The van der Waals surface area contributed by atoms with E-state index in [0.29, 0.717) is 22.7 Å². The summed E-state index contributed by atoms with van der Waals surface area (Å²) < 4.78 is 0. The van der Waals surface area contributed by atoms with Crippen molar-refractivity contribution >= 4 is 23.0 Å². The minimum Gasteiger partial charge on any atom is -0.363 e. The molecule has 114 valence electrons. The fourth-order valence-corrected chi connectivity index (χ4v) is 3.24. The molecule has 1 aliphatic heterocycles. The third kappa shape index (κ3) is 3.47. The molecule has 21 heavy (non-hydrogen) atoms. The Hall–Kier alpha value is -1.33. The molecule has 1 aliphatic carbocycles. The number of anilines is 1. The van der Waals surface area contributed by atoms with Gasteiger partial charge in [-0.15, -0.1) is 0 Å². The van der Waals surface area contributed by atoms with E-state index >= 15 is 0 Å². The maximum atomic E-state index is 11.3. The third-order valence-electron chi connectivity index (χ3n) is 4.29. The highest BCUT2D eigenvalue weighted by molar-refractivity contribution is 6.31. The zero-order valence-electron chi connectivity index (χ0n) is 11.9. The smallest absolute Gasteiger partial charge is 0.292 e. The molecule has 1 unspecified atom stereocenters. The lowest BCUT2D eigenvalue weighted by atomic mass is 9.98. The van der Waals surface area contributed by atoms with E-state index in [2.05, 4.69) is 10.2 Å². The molecule has 1 heterocycles. The van der Waals surface area contributed by atoms with Crippen molar-refractivity contribution in [3.05, 3.63) is 33.3 Å². The van der Waals surface area contributed by atoms with Gasteiger partial charge in [-0.25, -0.2) is 0 Å². The molecule has 2 aliphatic rings. The molecule has 1 atom stereocenters. The second-order valence-electron chi connectivity index (χ2n) is 5.99. The third-order valence-corrected chi connectivity index (χ3v) is 4.52. The van der Waals surface area contributed by atoms with E-state index in [1.807, 2.05) is 0 Å². The van der Waals surface area contributed by atoms with Crippen molar-refractivity contribution in [2.24, 2.45) is 5.92 Å². The molecular formula is C15H20ClN3O2. The Morgan fingerprint density at radius 2 is 2.19 bits per heavy atom. The van der Waals surface area contributed by atoms with Crippen LogP contribution in [0.1, 0.15) is 25.7 Å². The summed E-state index contributed by atoms with van der Waals surface area (Å²) >= 11 is 6.07. The number of rotatable bonds is 5. The zero-order chi connectivity index (χ0) is 14.8. The molecule has 0 aromatic heterocycles. The first-order chi connectivity index (χ1) is 10.1. The summed E-state index contributed by atoms with van der Waals surface area (Å²) in [5.74, 6) is 0.554. The Balaban J connectivity index is 1.86. The summed E-state index contributed by atoms with van der Waals surface area (Å²) in [6.07, 6.45) is 4.60. The van der Waals surface area contributed by atoms with E-state index in [-0.39, 0.29) is 10.6 Å². The molecule has 0 spiro atoms. The lowest BCUT2D eigenvalue weighted by Gasteiger charge is -2.31. The predicted octanol–water partition coefficient (Wildman–Crippen LogP) is 3.22. The van der Waals surface area contributed by atoms with Gasteiger partial charge in [0.2, 0.25) is 0 Å². The normalized spacial score (nSPS) is 22.0. The van der Waals surface area contributed by atoms with Crippen LogP contribution in [-0.4, -0.2) is 30.6 Å². The number of halogens is 1. The fourth-order valence-electron chi connectivity index (χ4n) is 3.07. The van der Waals surface area contributed by atoms with Crippen LogP contribution in [0.4, 0.5) is 11.4 Å². The van der Waals surface area contributed by atoms with E-state index in [0.717, 1.165) is 32.5 Å². The molecular weight excluding hydrogens is 290 g/mol. The molecule has 1 saturated carbocycles. The number of nitro groups is 1. The number of nitrogens with zero attached hydrogens (tertiary/aromatic N) is 2. The van der Waals surface area contributed by atoms with Crippen LogP contribution in [0, 0.1) is 16.0 Å². The topological polar surface area (TPSA) is 58.4 Å². The van der Waals surface area contributed by atoms with Gasteiger partial charge in [0, 0.05) is 23.7 Å². The molecule has 2 fully saturated rings. The summed E-state index contributed by atoms with van der Waals surface area (Å²) in [5.41, 5.74) is 0.843. The number of piperidine rings is 1. The van der Waals surface area contributed by atoms with Crippen molar-refractivity contribution in [3.8, 4) is 0 Å². The van der Waals surface area contributed by atoms with Gasteiger partial charge in [-0.05, 0) is 56.8 Å². The summed E-state index contributed by atoms with van der Waals surface area (Å²) in [7, 11) is 0. The van der Waals surface area contributed by atoms with Gasteiger partial charge in [0.15, 0.2) is 0 Å². The van der Waals surface area contributed by atoms with Crippen molar-refractivity contribution in [2.75, 3.05) is 24.5 Å². The van der Waals surface area contributed by atoms with Crippen molar-refractivity contribution in [3.63, 3.8) is 0 Å². The molecule has 1 aromatic rings. The van der Waals surface area contributed by atoms with E-state index < -0.39 is 0 Å². The summed E-state index contributed by atoms with van der Waals surface area (Å²) in [6, 6.07) is 5.29. The van der Waals surface area contributed by atoms with E-state index in [4.69, 9.17) is 11.6 Å². The summed E-state index contributed by atoms with van der Waals surface area (Å²) in [4.78, 5) is 13.2. The first kappa shape index (κ1) is 14.6. The number of benzene rings is 1. The van der Waals surface area contributed by atoms with Gasteiger partial charge < -0.3 is 10.2 Å². The molecule has 1 N–H and O–H groups in total. The van der Waals surface area contributed by atoms with Crippen molar-refractivity contribution < 1.29 is 4.92 Å². The Kier molecular flexibility index (Phi) is 4.31. The number of nitro benzene ring substituents is 1. The van der Waals surface area contributed by atoms with Crippen LogP contribution in [0.3, 0.4) is 0 Å². The second-order valence-corrected chi connectivity index (χ2v) is 6.42. The van der Waals surface area contributed by atoms with Gasteiger partial charge in [-0.1, -0.05) is 11.6 Å². The molecule has 0 amide bonds. The highest BCUT2D eigenvalue weighted by Gasteiger charge is 2.34. The summed E-state index contributed by atoms with van der Waals surface area (Å²) in [6.45, 7) is 2.95. The number of hydrogen-bond donors (Lipinski definition) is 1. The number of hydrogen-bond acceptors (Lipinski definition) is 4. The monoisotopic (exact) mass is 309 g/mol. The van der Waals surface area contributed by atoms with Crippen LogP contribution in [-0.2, 0) is 0 Å². The van der Waals surface area contributed by atoms with Crippen molar-refractivity contribution in [1.82, 2.24) is 5.32 Å². The first-order valence-corrected chi connectivity index (χ1v) is 7.94. The Labute approximate surface area is 129 Å². The maximum absolute atomic E-state index is 11.3. The van der Waals surface area contributed by atoms with Gasteiger partial charge in [0.25, 0.3) is 5.69 Å². The molecule has 3 rings (SSSR count). The minimum atomic E-state index is -0.305. The predicted molar refractivity (Wildman–Crippen MR) is 84.1 cm³/mol. The van der Waals surface area contributed by atoms with Gasteiger partial charge in [0.1, 0.15) is 5.69 Å². The summed E-state index contributed by atoms with van der Waals surface area (Å²) in [5, 5.41) is 15.3. The lowest BCUT2D eigenvalue weighted by Crippen LogP contribution is -2.39. The molecule has 1 aromatic carbocycles. The van der Waals surface area contributed by atoms with Gasteiger partial charge in [-0.3, -0.25) is 10.1 Å². The van der Waals surface area contributed by atoms with Crippen LogP contribution in [0.5, 0.6) is 0 Å². The Bertz CT molecular complexity index is 528. The average Bonchev–Trinajstić information content (AvgIpc) is 3.30. The maximum Gasteiger partial charge on any atom is 0.292 e. The zero-order valence-corrected chi connectivity index (χ0v) is 12.7. The van der Waals surface area contributed by atoms with Crippen LogP contribution < -0.4 is 10.2 Å². The van der Waals surface area contributed by atoms with E-state index in [9.17, 15) is 10.1 Å². The van der Waals surface area contributed by atoms with Crippen molar-refractivity contribution in [1.29, 1.82) is 0 Å². The van der Waals surface area contributed by atoms with Crippen LogP contribution >= 0.6 is 11.6 Å². The SMILES string of the molecule is O=[N+]([O-])c1ccc(Cl)cc1N(CC1CCCNC1)C1CC1. The van der Waals surface area contributed by atoms with Crippen LogP contribution in [0.15, 0.2) is 18.2 Å². The van der Waals surface area contributed by atoms with Crippen molar-refractivity contribution in [2.45, 2.75) is 31.7 Å². The molecule has 1 saturated heterocycles. The highest BCUT2D eigenvalue weighted by Crippen LogP contribution is 2.39. The molecule has 5 nitrogen and oxygen atoms in total. The van der Waals surface area contributed by atoms with Crippen LogP contribution in [0.2, 0.25) is 5.02 Å². The number of nitrogens with one attached hydrogen (secondary N) is 1.